The Morgan fingerprint density at radius 3 is 2.67 bits per heavy atom. The van der Waals surface area contributed by atoms with Crippen LogP contribution in [0.1, 0.15) is 12.0 Å². The molecule has 2 heterocycles. The van der Waals surface area contributed by atoms with Crippen LogP contribution in [0.25, 0.3) is 11.3 Å². The van der Waals surface area contributed by atoms with Crippen molar-refractivity contribution in [2.45, 2.75) is 13.3 Å². The van der Waals surface area contributed by atoms with Crippen molar-refractivity contribution in [2.75, 3.05) is 44.7 Å². The van der Waals surface area contributed by atoms with Crippen LogP contribution >= 0.6 is 0 Å². The molecule has 2 aromatic rings. The maximum atomic E-state index is 12.2. The van der Waals surface area contributed by atoms with Gasteiger partial charge in [0.15, 0.2) is 5.69 Å². The van der Waals surface area contributed by atoms with E-state index < -0.39 is 0 Å². The third-order valence-corrected chi connectivity index (χ3v) is 4.07. The summed E-state index contributed by atoms with van der Waals surface area (Å²) in [7, 11) is 0. The predicted molar refractivity (Wildman–Crippen MR) is 93.2 cm³/mol. The third-order valence-electron chi connectivity index (χ3n) is 4.07. The molecule has 0 atom stereocenters. The summed E-state index contributed by atoms with van der Waals surface area (Å²) in [5.41, 5.74) is 2.02. The first-order chi connectivity index (χ1) is 11.7. The Bertz CT molecular complexity index is 708. The normalized spacial score (nSPS) is 15.4. The topological polar surface area (TPSA) is 83.1 Å². The summed E-state index contributed by atoms with van der Waals surface area (Å²) in [4.78, 5) is 17.3. The molecule has 3 rings (SSSR count). The van der Waals surface area contributed by atoms with E-state index in [9.17, 15) is 4.79 Å². The van der Waals surface area contributed by atoms with Crippen molar-refractivity contribution in [3.05, 3.63) is 40.2 Å². The lowest BCUT2D eigenvalue weighted by Crippen LogP contribution is -2.37. The minimum Gasteiger partial charge on any atom is -0.379 e. The van der Waals surface area contributed by atoms with E-state index in [2.05, 4.69) is 25.4 Å². The summed E-state index contributed by atoms with van der Waals surface area (Å²) in [6, 6.07) is 7.66. The lowest BCUT2D eigenvalue weighted by Gasteiger charge is -2.26. The average Bonchev–Trinajstić information content (AvgIpc) is 2.61. The second kappa shape index (κ2) is 8.03. The van der Waals surface area contributed by atoms with Crippen molar-refractivity contribution < 1.29 is 4.74 Å². The second-order valence-corrected chi connectivity index (χ2v) is 5.95. The molecule has 128 valence electrons. The number of anilines is 1. The first kappa shape index (κ1) is 16.6. The minimum atomic E-state index is -0.232. The van der Waals surface area contributed by atoms with Crippen LogP contribution in [0.15, 0.2) is 29.1 Å². The van der Waals surface area contributed by atoms with Gasteiger partial charge in [-0.3, -0.25) is 14.7 Å². The number of rotatable bonds is 6. The fourth-order valence-corrected chi connectivity index (χ4v) is 2.65. The summed E-state index contributed by atoms with van der Waals surface area (Å²) in [6.07, 6.45) is 0.976. The Balaban J connectivity index is 1.52. The number of hydrogen-bond acceptors (Lipinski definition) is 6. The van der Waals surface area contributed by atoms with Crippen LogP contribution in [-0.4, -0.2) is 59.5 Å². The van der Waals surface area contributed by atoms with Crippen LogP contribution in [0, 0.1) is 6.92 Å². The first-order valence-electron chi connectivity index (χ1n) is 8.30. The van der Waals surface area contributed by atoms with Crippen molar-refractivity contribution in [1.29, 1.82) is 0 Å². The molecular formula is C17H23N5O2. The van der Waals surface area contributed by atoms with Gasteiger partial charge < -0.3 is 10.1 Å². The van der Waals surface area contributed by atoms with Gasteiger partial charge in [-0.2, -0.15) is 0 Å². The number of benzene rings is 1. The van der Waals surface area contributed by atoms with E-state index in [0.717, 1.165) is 56.9 Å². The van der Waals surface area contributed by atoms with E-state index in [0.29, 0.717) is 11.6 Å². The molecule has 0 saturated carbocycles. The molecule has 24 heavy (non-hydrogen) atoms. The van der Waals surface area contributed by atoms with E-state index >= 15 is 0 Å². The maximum Gasteiger partial charge on any atom is 0.279 e. The van der Waals surface area contributed by atoms with Gasteiger partial charge >= 0.3 is 0 Å². The number of ether oxygens (including phenoxy) is 1. The van der Waals surface area contributed by atoms with Crippen molar-refractivity contribution >= 4 is 5.95 Å². The highest BCUT2D eigenvalue weighted by Gasteiger charge is 2.10. The summed E-state index contributed by atoms with van der Waals surface area (Å²) in [6.45, 7) is 7.36. The number of nitrogens with one attached hydrogen (secondary N) is 2. The molecule has 0 unspecified atom stereocenters. The Morgan fingerprint density at radius 2 is 1.96 bits per heavy atom. The molecule has 2 N–H and O–H groups in total. The number of H-pyrrole nitrogens is 1. The van der Waals surface area contributed by atoms with E-state index in [4.69, 9.17) is 4.74 Å². The van der Waals surface area contributed by atoms with Crippen molar-refractivity contribution in [2.24, 2.45) is 0 Å². The van der Waals surface area contributed by atoms with Crippen LogP contribution in [0.3, 0.4) is 0 Å². The Labute approximate surface area is 141 Å². The van der Waals surface area contributed by atoms with Gasteiger partial charge in [-0.25, -0.2) is 0 Å². The summed E-state index contributed by atoms with van der Waals surface area (Å²) < 4.78 is 5.33. The highest BCUT2D eigenvalue weighted by atomic mass is 16.5. The summed E-state index contributed by atoms with van der Waals surface area (Å²) in [5, 5.41) is 11.3. The minimum absolute atomic E-state index is 0.232. The Hall–Kier alpha value is -2.25. The van der Waals surface area contributed by atoms with Crippen LogP contribution in [0.4, 0.5) is 5.95 Å². The number of morpholine rings is 1. The number of aryl methyl sites for hydroxylation is 1. The van der Waals surface area contributed by atoms with E-state index in [1.54, 1.807) is 0 Å². The molecule has 0 bridgehead atoms. The zero-order chi connectivity index (χ0) is 16.8. The molecule has 0 radical (unpaired) electrons. The lowest BCUT2D eigenvalue weighted by molar-refractivity contribution is 0.0378. The standard InChI is InChI=1S/C17H23N5O2/c1-13-3-5-14(6-4-13)15-16(23)19-17(21-20-15)18-7-2-8-22-9-11-24-12-10-22/h3-6H,2,7-12H2,1H3,(H2,18,19,21,23). The number of nitrogens with zero attached hydrogens (tertiary/aromatic N) is 3. The Morgan fingerprint density at radius 1 is 1.21 bits per heavy atom. The van der Waals surface area contributed by atoms with Gasteiger partial charge in [0.05, 0.1) is 13.2 Å². The first-order valence-corrected chi connectivity index (χ1v) is 8.30. The second-order valence-electron chi connectivity index (χ2n) is 5.95. The molecule has 0 spiro atoms. The van der Waals surface area contributed by atoms with Gasteiger partial charge in [-0.05, 0) is 19.9 Å². The molecule has 0 amide bonds. The van der Waals surface area contributed by atoms with Gasteiger partial charge in [0, 0.05) is 25.2 Å². The van der Waals surface area contributed by atoms with Gasteiger partial charge in [-0.15, -0.1) is 10.2 Å². The number of aromatic amines is 1. The van der Waals surface area contributed by atoms with Gasteiger partial charge in [0.2, 0.25) is 5.95 Å². The molecule has 0 aliphatic carbocycles. The van der Waals surface area contributed by atoms with E-state index in [1.165, 1.54) is 0 Å². The molecule has 1 fully saturated rings. The molecule has 1 saturated heterocycles. The Kier molecular flexibility index (Phi) is 5.55. The van der Waals surface area contributed by atoms with Crippen molar-refractivity contribution in [3.8, 4) is 11.3 Å². The highest BCUT2D eigenvalue weighted by molar-refractivity contribution is 5.58. The van der Waals surface area contributed by atoms with E-state index in [1.807, 2.05) is 31.2 Å². The fraction of sp³-hybridized carbons (Fsp3) is 0.471. The maximum absolute atomic E-state index is 12.2. The van der Waals surface area contributed by atoms with Crippen LogP contribution < -0.4 is 10.9 Å². The van der Waals surface area contributed by atoms with Crippen LogP contribution in [-0.2, 0) is 4.74 Å². The predicted octanol–water partition coefficient (Wildman–Crippen LogP) is 1.27. The molecule has 7 nitrogen and oxygen atoms in total. The molecule has 1 aliphatic heterocycles. The highest BCUT2D eigenvalue weighted by Crippen LogP contribution is 2.13. The smallest absolute Gasteiger partial charge is 0.279 e. The van der Waals surface area contributed by atoms with Crippen molar-refractivity contribution in [3.63, 3.8) is 0 Å². The third kappa shape index (κ3) is 4.39. The number of aromatic nitrogens is 3. The van der Waals surface area contributed by atoms with E-state index in [-0.39, 0.29) is 5.56 Å². The number of hydrogen-bond donors (Lipinski definition) is 2. The van der Waals surface area contributed by atoms with Crippen molar-refractivity contribution in [1.82, 2.24) is 20.1 Å². The molecule has 7 heteroatoms. The SMILES string of the molecule is Cc1ccc(-c2nnc(NCCCN3CCOCC3)[nH]c2=O)cc1. The zero-order valence-corrected chi connectivity index (χ0v) is 13.9. The lowest BCUT2D eigenvalue weighted by atomic mass is 10.1. The van der Waals surface area contributed by atoms with Crippen LogP contribution in [0.2, 0.25) is 0 Å². The van der Waals surface area contributed by atoms with Gasteiger partial charge in [0.1, 0.15) is 0 Å². The summed E-state index contributed by atoms with van der Waals surface area (Å²) in [5.74, 6) is 0.415. The molecular weight excluding hydrogens is 306 g/mol. The quantitative estimate of drug-likeness (QED) is 0.777. The molecule has 1 aliphatic rings. The molecule has 1 aromatic heterocycles. The van der Waals surface area contributed by atoms with Gasteiger partial charge in [0.25, 0.3) is 5.56 Å². The summed E-state index contributed by atoms with van der Waals surface area (Å²) >= 11 is 0. The van der Waals surface area contributed by atoms with Crippen LogP contribution in [0.5, 0.6) is 0 Å². The molecule has 1 aromatic carbocycles. The van der Waals surface area contributed by atoms with Gasteiger partial charge in [-0.1, -0.05) is 29.8 Å². The average molecular weight is 329 g/mol. The monoisotopic (exact) mass is 329 g/mol. The fourth-order valence-electron chi connectivity index (χ4n) is 2.65. The zero-order valence-electron chi connectivity index (χ0n) is 13.9. The largest absolute Gasteiger partial charge is 0.379 e.